The third-order valence-electron chi connectivity index (χ3n) is 2.65. The average molecular weight is 200 g/mol. The van der Waals surface area contributed by atoms with E-state index >= 15 is 0 Å². The van der Waals surface area contributed by atoms with Crippen LogP contribution < -0.4 is 0 Å². The van der Waals surface area contributed by atoms with Gasteiger partial charge in [0, 0.05) is 6.42 Å². The standard InChI is InChI=1S/C12H24O2/c1-10(2)6-5-8-12(3,4)9-7-11(13)14/h10H,5-9H2,1-4H3,(H,13,14). The van der Waals surface area contributed by atoms with Gasteiger partial charge in [-0.15, -0.1) is 0 Å². The molecule has 0 amide bonds. The number of rotatable bonds is 7. The lowest BCUT2D eigenvalue weighted by Crippen LogP contribution is -2.13. The molecule has 0 unspecified atom stereocenters. The first-order valence-corrected chi connectivity index (χ1v) is 5.55. The second-order valence-corrected chi connectivity index (χ2v) is 5.34. The lowest BCUT2D eigenvalue weighted by Gasteiger charge is -2.24. The maximum Gasteiger partial charge on any atom is 0.303 e. The highest BCUT2D eigenvalue weighted by molar-refractivity contribution is 5.66. The van der Waals surface area contributed by atoms with Crippen molar-refractivity contribution in [3.8, 4) is 0 Å². The predicted molar refractivity (Wildman–Crippen MR) is 59.3 cm³/mol. The summed E-state index contributed by atoms with van der Waals surface area (Å²) in [4.78, 5) is 10.4. The summed E-state index contributed by atoms with van der Waals surface area (Å²) in [6.45, 7) is 8.78. The molecule has 0 saturated carbocycles. The second-order valence-electron chi connectivity index (χ2n) is 5.34. The predicted octanol–water partition coefficient (Wildman–Crippen LogP) is 3.70. The van der Waals surface area contributed by atoms with Gasteiger partial charge in [0.2, 0.25) is 0 Å². The summed E-state index contributed by atoms with van der Waals surface area (Å²) >= 11 is 0. The Kier molecular flexibility index (Phi) is 5.82. The molecule has 0 aliphatic rings. The van der Waals surface area contributed by atoms with Gasteiger partial charge in [-0.1, -0.05) is 40.5 Å². The van der Waals surface area contributed by atoms with Crippen LogP contribution in [0, 0.1) is 11.3 Å². The lowest BCUT2D eigenvalue weighted by molar-refractivity contribution is -0.137. The van der Waals surface area contributed by atoms with E-state index in [0.29, 0.717) is 6.42 Å². The molecular formula is C12H24O2. The highest BCUT2D eigenvalue weighted by Gasteiger charge is 2.18. The van der Waals surface area contributed by atoms with E-state index in [1.165, 1.54) is 12.8 Å². The van der Waals surface area contributed by atoms with Crippen molar-refractivity contribution < 1.29 is 9.90 Å². The Morgan fingerprint density at radius 3 is 2.29 bits per heavy atom. The quantitative estimate of drug-likeness (QED) is 0.680. The fourth-order valence-electron chi connectivity index (χ4n) is 1.56. The molecule has 0 rings (SSSR count). The van der Waals surface area contributed by atoms with Gasteiger partial charge in [-0.2, -0.15) is 0 Å². The van der Waals surface area contributed by atoms with E-state index in [-0.39, 0.29) is 5.41 Å². The number of carboxylic acids is 1. The fourth-order valence-corrected chi connectivity index (χ4v) is 1.56. The zero-order chi connectivity index (χ0) is 11.2. The fraction of sp³-hybridized carbons (Fsp3) is 0.917. The van der Waals surface area contributed by atoms with E-state index in [0.717, 1.165) is 18.8 Å². The highest BCUT2D eigenvalue weighted by Crippen LogP contribution is 2.29. The monoisotopic (exact) mass is 200 g/mol. The lowest BCUT2D eigenvalue weighted by atomic mass is 9.82. The molecule has 0 fully saturated rings. The number of hydrogen-bond donors (Lipinski definition) is 1. The van der Waals surface area contributed by atoms with E-state index in [4.69, 9.17) is 5.11 Å². The van der Waals surface area contributed by atoms with Crippen molar-refractivity contribution in [2.75, 3.05) is 0 Å². The van der Waals surface area contributed by atoms with Gasteiger partial charge in [0.25, 0.3) is 0 Å². The smallest absolute Gasteiger partial charge is 0.303 e. The van der Waals surface area contributed by atoms with Gasteiger partial charge in [-0.3, -0.25) is 4.79 Å². The molecule has 2 heteroatoms. The highest BCUT2D eigenvalue weighted by atomic mass is 16.4. The molecule has 0 aromatic rings. The van der Waals surface area contributed by atoms with E-state index in [1.54, 1.807) is 0 Å². The molecule has 84 valence electrons. The molecule has 14 heavy (non-hydrogen) atoms. The topological polar surface area (TPSA) is 37.3 Å². The SMILES string of the molecule is CC(C)CCCC(C)(C)CCC(=O)O. The van der Waals surface area contributed by atoms with Crippen LogP contribution in [0.3, 0.4) is 0 Å². The Balaban J connectivity index is 3.66. The van der Waals surface area contributed by atoms with Crippen LogP contribution in [0.4, 0.5) is 0 Å². The van der Waals surface area contributed by atoms with Crippen molar-refractivity contribution in [2.45, 2.75) is 59.8 Å². The summed E-state index contributed by atoms with van der Waals surface area (Å²) in [6, 6.07) is 0. The molecule has 1 N–H and O–H groups in total. The van der Waals surface area contributed by atoms with E-state index in [1.807, 2.05) is 0 Å². The third-order valence-corrected chi connectivity index (χ3v) is 2.65. The van der Waals surface area contributed by atoms with Gasteiger partial charge >= 0.3 is 5.97 Å². The average Bonchev–Trinajstić information content (AvgIpc) is 2.00. The van der Waals surface area contributed by atoms with E-state index in [2.05, 4.69) is 27.7 Å². The number of carbonyl (C=O) groups is 1. The summed E-state index contributed by atoms with van der Waals surface area (Å²) in [6.07, 6.45) is 4.69. The van der Waals surface area contributed by atoms with Crippen LogP contribution in [0.25, 0.3) is 0 Å². The minimum absolute atomic E-state index is 0.188. The third kappa shape index (κ3) is 8.09. The maximum atomic E-state index is 10.4. The summed E-state index contributed by atoms with van der Waals surface area (Å²) < 4.78 is 0. The Morgan fingerprint density at radius 1 is 1.29 bits per heavy atom. The zero-order valence-electron chi connectivity index (χ0n) is 9.97. The van der Waals surface area contributed by atoms with Gasteiger partial charge in [0.15, 0.2) is 0 Å². The first kappa shape index (κ1) is 13.5. The van der Waals surface area contributed by atoms with Crippen molar-refractivity contribution >= 4 is 5.97 Å². The van der Waals surface area contributed by atoms with E-state index in [9.17, 15) is 4.79 Å². The van der Waals surface area contributed by atoms with Crippen molar-refractivity contribution in [3.63, 3.8) is 0 Å². The second kappa shape index (κ2) is 6.05. The molecular weight excluding hydrogens is 176 g/mol. The molecule has 0 aliphatic carbocycles. The molecule has 0 bridgehead atoms. The first-order valence-electron chi connectivity index (χ1n) is 5.55. The summed E-state index contributed by atoms with van der Waals surface area (Å²) in [5, 5.41) is 8.59. The number of aliphatic carboxylic acids is 1. The van der Waals surface area contributed by atoms with Gasteiger partial charge in [0.05, 0.1) is 0 Å². The number of carboxylic acid groups (broad SMARTS) is 1. The molecule has 0 heterocycles. The van der Waals surface area contributed by atoms with Gasteiger partial charge in [-0.25, -0.2) is 0 Å². The Hall–Kier alpha value is -0.530. The molecule has 0 radical (unpaired) electrons. The van der Waals surface area contributed by atoms with Crippen LogP contribution in [0.15, 0.2) is 0 Å². The van der Waals surface area contributed by atoms with Crippen LogP contribution in [0.1, 0.15) is 59.8 Å². The molecule has 0 atom stereocenters. The summed E-state index contributed by atoms with van der Waals surface area (Å²) in [5.41, 5.74) is 0.188. The minimum Gasteiger partial charge on any atom is -0.481 e. The molecule has 0 aromatic heterocycles. The molecule has 0 saturated heterocycles. The largest absolute Gasteiger partial charge is 0.481 e. The molecule has 0 aromatic carbocycles. The minimum atomic E-state index is -0.679. The van der Waals surface area contributed by atoms with Crippen molar-refractivity contribution in [1.29, 1.82) is 0 Å². The zero-order valence-corrected chi connectivity index (χ0v) is 9.97. The van der Waals surface area contributed by atoms with Crippen molar-refractivity contribution in [2.24, 2.45) is 11.3 Å². The molecule has 0 spiro atoms. The van der Waals surface area contributed by atoms with Crippen LogP contribution in [0.2, 0.25) is 0 Å². The maximum absolute atomic E-state index is 10.4. The first-order chi connectivity index (χ1) is 6.33. The number of hydrogen-bond acceptors (Lipinski definition) is 1. The van der Waals surface area contributed by atoms with Crippen LogP contribution in [-0.2, 0) is 4.79 Å². The van der Waals surface area contributed by atoms with Crippen LogP contribution in [0.5, 0.6) is 0 Å². The van der Waals surface area contributed by atoms with Crippen LogP contribution in [-0.4, -0.2) is 11.1 Å². The van der Waals surface area contributed by atoms with Gasteiger partial charge in [0.1, 0.15) is 0 Å². The summed E-state index contributed by atoms with van der Waals surface area (Å²) in [7, 11) is 0. The molecule has 0 aliphatic heterocycles. The van der Waals surface area contributed by atoms with Gasteiger partial charge in [-0.05, 0) is 24.2 Å². The van der Waals surface area contributed by atoms with Crippen molar-refractivity contribution in [3.05, 3.63) is 0 Å². The van der Waals surface area contributed by atoms with Crippen molar-refractivity contribution in [1.82, 2.24) is 0 Å². The Labute approximate surface area is 87.7 Å². The Bertz CT molecular complexity index is 171. The normalized spacial score (nSPS) is 12.1. The summed E-state index contributed by atoms with van der Waals surface area (Å²) in [5.74, 6) is 0.0761. The van der Waals surface area contributed by atoms with Gasteiger partial charge < -0.3 is 5.11 Å². The van der Waals surface area contributed by atoms with E-state index < -0.39 is 5.97 Å². The van der Waals surface area contributed by atoms with Crippen LogP contribution >= 0.6 is 0 Å². The molecule has 2 nitrogen and oxygen atoms in total. The Morgan fingerprint density at radius 2 is 1.86 bits per heavy atom.